The number of rotatable bonds is 13. The Morgan fingerprint density at radius 3 is 2.49 bits per heavy atom. The van der Waals surface area contributed by atoms with Gasteiger partial charge in [-0.1, -0.05) is 18.2 Å². The number of halogens is 1. The van der Waals surface area contributed by atoms with E-state index in [9.17, 15) is 14.0 Å². The molecule has 198 valence electrons. The average Bonchev–Trinajstić information content (AvgIpc) is 3.31. The lowest BCUT2D eigenvalue weighted by atomic mass is 10.2. The summed E-state index contributed by atoms with van der Waals surface area (Å²) in [4.78, 5) is 29.8. The molecule has 0 atom stereocenters. The number of aryl methyl sites for hydroxylation is 1. The molecule has 0 bridgehead atoms. The normalized spacial score (nSPS) is 10.7. The van der Waals surface area contributed by atoms with Crippen molar-refractivity contribution in [2.75, 3.05) is 38.7 Å². The predicted octanol–water partition coefficient (Wildman–Crippen LogP) is 5.23. The van der Waals surface area contributed by atoms with Crippen LogP contribution < -0.4 is 10.1 Å². The molecule has 1 N–H and O–H groups in total. The van der Waals surface area contributed by atoms with E-state index in [1.165, 1.54) is 17.0 Å². The van der Waals surface area contributed by atoms with E-state index in [-0.39, 0.29) is 31.4 Å². The Morgan fingerprint density at radius 1 is 1.03 bits per heavy atom. The summed E-state index contributed by atoms with van der Waals surface area (Å²) in [5.41, 5.74) is 1.32. The standard InChI is InChI=1S/C28H34FN3O5/c1-4-36-16-6-15-31(28(34)30-24-7-5-8-25(17-24)35-3)20-27(33)32(19-26-14-9-21(2)37-26)18-22-10-12-23(29)13-11-22/h5,7-14,17H,4,6,15-16,18-20H2,1-3H3,(H,30,34). The molecule has 9 heteroatoms. The Hall–Kier alpha value is -3.85. The smallest absolute Gasteiger partial charge is 0.322 e. The molecule has 3 amide bonds. The first-order valence-electron chi connectivity index (χ1n) is 12.2. The number of amides is 3. The molecule has 1 aromatic heterocycles. The molecule has 2 aromatic carbocycles. The summed E-state index contributed by atoms with van der Waals surface area (Å²) in [6.07, 6.45) is 0.571. The van der Waals surface area contributed by atoms with E-state index >= 15 is 0 Å². The highest BCUT2D eigenvalue weighted by atomic mass is 19.1. The van der Waals surface area contributed by atoms with E-state index in [0.29, 0.717) is 43.4 Å². The number of furan rings is 1. The van der Waals surface area contributed by atoms with Gasteiger partial charge in [0.05, 0.1) is 13.7 Å². The molecule has 0 saturated carbocycles. The van der Waals surface area contributed by atoms with Crippen LogP contribution in [0.25, 0.3) is 0 Å². The first-order valence-corrected chi connectivity index (χ1v) is 12.2. The fourth-order valence-corrected chi connectivity index (χ4v) is 3.72. The molecule has 0 radical (unpaired) electrons. The van der Waals surface area contributed by atoms with Crippen molar-refractivity contribution in [1.82, 2.24) is 9.80 Å². The van der Waals surface area contributed by atoms with Crippen LogP contribution in [0.3, 0.4) is 0 Å². The van der Waals surface area contributed by atoms with Gasteiger partial charge in [0.1, 0.15) is 29.6 Å². The third-order valence-corrected chi connectivity index (χ3v) is 5.64. The highest BCUT2D eigenvalue weighted by molar-refractivity contribution is 5.92. The van der Waals surface area contributed by atoms with E-state index in [1.807, 2.05) is 26.0 Å². The molecule has 0 saturated heterocycles. The van der Waals surface area contributed by atoms with Gasteiger partial charge in [0.15, 0.2) is 0 Å². The molecule has 0 spiro atoms. The second kappa shape index (κ2) is 14.0. The molecule has 8 nitrogen and oxygen atoms in total. The monoisotopic (exact) mass is 511 g/mol. The van der Waals surface area contributed by atoms with Crippen molar-refractivity contribution in [3.8, 4) is 5.75 Å². The third-order valence-electron chi connectivity index (χ3n) is 5.64. The first kappa shape index (κ1) is 27.7. The molecule has 0 unspecified atom stereocenters. The van der Waals surface area contributed by atoms with E-state index in [1.54, 1.807) is 48.4 Å². The van der Waals surface area contributed by atoms with Gasteiger partial charge in [0.2, 0.25) is 5.91 Å². The second-order valence-electron chi connectivity index (χ2n) is 8.52. The maximum Gasteiger partial charge on any atom is 0.322 e. The van der Waals surface area contributed by atoms with Crippen LogP contribution in [0.1, 0.15) is 30.4 Å². The third kappa shape index (κ3) is 8.95. The summed E-state index contributed by atoms with van der Waals surface area (Å²) < 4.78 is 29.8. The number of methoxy groups -OCH3 is 1. The van der Waals surface area contributed by atoms with Crippen molar-refractivity contribution in [1.29, 1.82) is 0 Å². The van der Waals surface area contributed by atoms with Gasteiger partial charge >= 0.3 is 6.03 Å². The van der Waals surface area contributed by atoms with Crippen molar-refractivity contribution in [3.63, 3.8) is 0 Å². The van der Waals surface area contributed by atoms with Gasteiger partial charge in [-0.15, -0.1) is 0 Å². The summed E-state index contributed by atoms with van der Waals surface area (Å²) in [5.74, 6) is 1.35. The number of carbonyl (C=O) groups excluding carboxylic acids is 2. The fourth-order valence-electron chi connectivity index (χ4n) is 3.72. The van der Waals surface area contributed by atoms with Crippen molar-refractivity contribution in [2.24, 2.45) is 0 Å². The lowest BCUT2D eigenvalue weighted by Gasteiger charge is -2.27. The van der Waals surface area contributed by atoms with Crippen LogP contribution in [0.15, 0.2) is 65.1 Å². The first-order chi connectivity index (χ1) is 17.9. The Kier molecular flexibility index (Phi) is 10.5. The number of ether oxygens (including phenoxy) is 2. The zero-order valence-electron chi connectivity index (χ0n) is 21.5. The molecule has 0 aliphatic carbocycles. The Labute approximate surface area is 217 Å². The van der Waals surface area contributed by atoms with Crippen molar-refractivity contribution < 1.29 is 27.9 Å². The average molecular weight is 512 g/mol. The van der Waals surface area contributed by atoms with Crippen molar-refractivity contribution >= 4 is 17.6 Å². The largest absolute Gasteiger partial charge is 0.497 e. The summed E-state index contributed by atoms with van der Waals surface area (Å²) in [6.45, 7) is 5.41. The van der Waals surface area contributed by atoms with E-state index in [4.69, 9.17) is 13.9 Å². The molecule has 37 heavy (non-hydrogen) atoms. The molecule has 0 fully saturated rings. The second-order valence-corrected chi connectivity index (χ2v) is 8.52. The molecule has 0 aliphatic heterocycles. The number of hydrogen-bond donors (Lipinski definition) is 1. The van der Waals surface area contributed by atoms with E-state index in [0.717, 1.165) is 11.3 Å². The topological polar surface area (TPSA) is 84.2 Å². The summed E-state index contributed by atoms with van der Waals surface area (Å²) in [6, 6.07) is 16.2. The molecular weight excluding hydrogens is 477 g/mol. The number of urea groups is 1. The number of anilines is 1. The highest BCUT2D eigenvalue weighted by Gasteiger charge is 2.23. The molecule has 3 aromatic rings. The number of benzene rings is 2. The van der Waals surface area contributed by atoms with Gasteiger partial charge in [-0.05, 0) is 62.2 Å². The number of carbonyl (C=O) groups is 2. The van der Waals surface area contributed by atoms with E-state index in [2.05, 4.69) is 5.32 Å². The van der Waals surface area contributed by atoms with Crippen molar-refractivity contribution in [3.05, 3.63) is 83.6 Å². The molecule has 0 aliphatic rings. The van der Waals surface area contributed by atoms with Crippen LogP contribution in [0.5, 0.6) is 5.75 Å². The van der Waals surface area contributed by atoms with Crippen LogP contribution >= 0.6 is 0 Å². The highest BCUT2D eigenvalue weighted by Crippen LogP contribution is 2.18. The minimum atomic E-state index is -0.409. The fraction of sp³-hybridized carbons (Fsp3) is 0.357. The van der Waals surface area contributed by atoms with Gasteiger partial charge in [0.25, 0.3) is 0 Å². The lowest BCUT2D eigenvalue weighted by Crippen LogP contribution is -2.44. The maximum absolute atomic E-state index is 13.5. The SMILES string of the molecule is CCOCCCN(CC(=O)N(Cc1ccc(F)cc1)Cc1ccc(C)o1)C(=O)Nc1cccc(OC)c1. The Morgan fingerprint density at radius 2 is 1.81 bits per heavy atom. The molecule has 1 heterocycles. The van der Waals surface area contributed by atoms with Crippen LogP contribution in [0.4, 0.5) is 14.9 Å². The van der Waals surface area contributed by atoms with Crippen LogP contribution in [0.2, 0.25) is 0 Å². The number of nitrogens with zero attached hydrogens (tertiary/aromatic N) is 2. The minimum Gasteiger partial charge on any atom is -0.497 e. The summed E-state index contributed by atoms with van der Waals surface area (Å²) in [7, 11) is 1.55. The van der Waals surface area contributed by atoms with Crippen molar-refractivity contribution in [2.45, 2.75) is 33.4 Å². The van der Waals surface area contributed by atoms with E-state index < -0.39 is 6.03 Å². The Balaban J connectivity index is 1.76. The number of hydrogen-bond acceptors (Lipinski definition) is 5. The van der Waals surface area contributed by atoms with Gasteiger partial charge < -0.3 is 29.0 Å². The molecule has 3 rings (SSSR count). The van der Waals surface area contributed by atoms with Gasteiger partial charge in [-0.2, -0.15) is 0 Å². The van der Waals surface area contributed by atoms with Crippen LogP contribution in [-0.4, -0.2) is 55.2 Å². The number of nitrogens with one attached hydrogen (secondary N) is 1. The van der Waals surface area contributed by atoms with Gasteiger partial charge in [0, 0.05) is 38.1 Å². The zero-order valence-corrected chi connectivity index (χ0v) is 21.5. The Bertz CT molecular complexity index is 1150. The maximum atomic E-state index is 13.5. The summed E-state index contributed by atoms with van der Waals surface area (Å²) >= 11 is 0. The predicted molar refractivity (Wildman–Crippen MR) is 139 cm³/mol. The van der Waals surface area contributed by atoms with Crippen LogP contribution in [-0.2, 0) is 22.6 Å². The quantitative estimate of drug-likeness (QED) is 0.318. The molecular formula is C28H34FN3O5. The summed E-state index contributed by atoms with van der Waals surface area (Å²) in [5, 5.41) is 2.85. The van der Waals surface area contributed by atoms with Crippen LogP contribution in [0, 0.1) is 12.7 Å². The van der Waals surface area contributed by atoms with Gasteiger partial charge in [-0.3, -0.25) is 4.79 Å². The minimum absolute atomic E-state index is 0.150. The van der Waals surface area contributed by atoms with Gasteiger partial charge in [-0.25, -0.2) is 9.18 Å². The lowest BCUT2D eigenvalue weighted by molar-refractivity contribution is -0.133. The zero-order chi connectivity index (χ0) is 26.6.